The van der Waals surface area contributed by atoms with Crippen LogP contribution in [0.4, 0.5) is 19.0 Å². The second-order valence-electron chi connectivity index (χ2n) is 5.97. The summed E-state index contributed by atoms with van der Waals surface area (Å²) in [6, 6.07) is 1.18. The predicted octanol–water partition coefficient (Wildman–Crippen LogP) is 3.04. The molecule has 130 valence electrons. The fourth-order valence-corrected chi connectivity index (χ4v) is 2.96. The van der Waals surface area contributed by atoms with Crippen LogP contribution in [0.5, 0.6) is 0 Å². The van der Waals surface area contributed by atoms with E-state index >= 15 is 0 Å². The van der Waals surface area contributed by atoms with Crippen LogP contribution in [-0.4, -0.2) is 45.4 Å². The smallest absolute Gasteiger partial charge is 0.357 e. The van der Waals surface area contributed by atoms with Crippen molar-refractivity contribution < 1.29 is 18.0 Å². The Morgan fingerprint density at radius 1 is 1.48 bits per heavy atom. The Morgan fingerprint density at radius 3 is 2.87 bits per heavy atom. The average Bonchev–Trinajstić information content (AvgIpc) is 2.91. The van der Waals surface area contributed by atoms with Gasteiger partial charge in [0.1, 0.15) is 18.4 Å². The first kappa shape index (κ1) is 17.6. The summed E-state index contributed by atoms with van der Waals surface area (Å²) in [4.78, 5) is 14.4. The normalized spacial score (nSPS) is 20.4. The first-order valence-electron chi connectivity index (χ1n) is 7.97. The number of carbonyl (C=O) groups is 1. The molecule has 1 aliphatic rings. The first-order chi connectivity index (χ1) is 10.8. The minimum Gasteiger partial charge on any atom is -0.357 e. The van der Waals surface area contributed by atoms with E-state index in [-0.39, 0.29) is 17.8 Å². The fourth-order valence-electron chi connectivity index (χ4n) is 2.96. The van der Waals surface area contributed by atoms with E-state index in [1.807, 2.05) is 4.90 Å². The number of nitrogens with zero attached hydrogens (tertiary/aromatic N) is 3. The largest absolute Gasteiger partial charge is 0.408 e. The Balaban J connectivity index is 1.95. The van der Waals surface area contributed by atoms with Crippen LogP contribution in [0, 0.1) is 0 Å². The molecule has 0 aliphatic carbocycles. The van der Waals surface area contributed by atoms with Gasteiger partial charge in [0.05, 0.1) is 0 Å². The number of likely N-dealkylation sites (tertiary alicyclic amines) is 1. The number of aromatic nitrogens is 2. The Labute approximate surface area is 133 Å². The summed E-state index contributed by atoms with van der Waals surface area (Å²) in [5.41, 5.74) is 0. The summed E-state index contributed by atoms with van der Waals surface area (Å²) >= 11 is 0. The molecule has 1 fully saturated rings. The SMILES string of the molecule is CC[C@H]1CCCCN1C(=O)[C@@H](C)Nc1ccn(CC(F)(F)F)n1. The third kappa shape index (κ3) is 4.87. The average molecular weight is 332 g/mol. The van der Waals surface area contributed by atoms with Crippen molar-refractivity contribution in [3.63, 3.8) is 0 Å². The molecule has 8 heteroatoms. The molecule has 1 N–H and O–H groups in total. The zero-order valence-corrected chi connectivity index (χ0v) is 13.4. The molecule has 0 spiro atoms. The predicted molar refractivity (Wildman–Crippen MR) is 81.0 cm³/mol. The van der Waals surface area contributed by atoms with Crippen LogP contribution >= 0.6 is 0 Å². The van der Waals surface area contributed by atoms with E-state index < -0.39 is 18.8 Å². The van der Waals surface area contributed by atoms with Gasteiger partial charge in [-0.3, -0.25) is 9.48 Å². The van der Waals surface area contributed by atoms with Crippen molar-refractivity contribution in [2.45, 2.75) is 64.3 Å². The standard InChI is InChI=1S/C15H23F3N4O/c1-3-12-6-4-5-8-22(12)14(23)11(2)19-13-7-9-21(20-13)10-15(16,17)18/h7,9,11-12H,3-6,8,10H2,1-2H3,(H,19,20)/t11-,12+/m1/s1. The van der Waals surface area contributed by atoms with Crippen molar-refractivity contribution in [1.29, 1.82) is 0 Å². The number of anilines is 1. The number of rotatable bonds is 5. The van der Waals surface area contributed by atoms with Crippen molar-refractivity contribution in [1.82, 2.24) is 14.7 Å². The lowest BCUT2D eigenvalue weighted by Crippen LogP contribution is -2.49. The summed E-state index contributed by atoms with van der Waals surface area (Å²) in [6.07, 6.45) is 0.991. The highest BCUT2D eigenvalue weighted by Crippen LogP contribution is 2.21. The highest BCUT2D eigenvalue weighted by atomic mass is 19.4. The molecule has 2 atom stereocenters. The molecule has 1 aromatic heterocycles. The molecule has 0 bridgehead atoms. The monoisotopic (exact) mass is 332 g/mol. The van der Waals surface area contributed by atoms with E-state index in [1.165, 1.54) is 12.3 Å². The van der Waals surface area contributed by atoms with Crippen molar-refractivity contribution in [2.24, 2.45) is 0 Å². The van der Waals surface area contributed by atoms with E-state index in [0.717, 1.165) is 36.9 Å². The summed E-state index contributed by atoms with van der Waals surface area (Å²) in [7, 11) is 0. The van der Waals surface area contributed by atoms with Crippen LogP contribution < -0.4 is 5.32 Å². The quantitative estimate of drug-likeness (QED) is 0.902. The van der Waals surface area contributed by atoms with Gasteiger partial charge >= 0.3 is 6.18 Å². The number of halogens is 3. The van der Waals surface area contributed by atoms with Crippen LogP contribution in [0.2, 0.25) is 0 Å². The molecule has 5 nitrogen and oxygen atoms in total. The Kier molecular flexibility index (Phi) is 5.54. The van der Waals surface area contributed by atoms with Gasteiger partial charge in [0.25, 0.3) is 0 Å². The molecule has 1 aliphatic heterocycles. The van der Waals surface area contributed by atoms with Gasteiger partial charge in [-0.05, 0) is 32.6 Å². The second-order valence-corrected chi connectivity index (χ2v) is 5.97. The summed E-state index contributed by atoms with van der Waals surface area (Å²) in [5, 5.41) is 6.72. The molecule has 0 unspecified atom stereocenters. The first-order valence-corrected chi connectivity index (χ1v) is 7.97. The summed E-state index contributed by atoms with van der Waals surface area (Å²) in [6.45, 7) is 3.38. The summed E-state index contributed by atoms with van der Waals surface area (Å²) in [5.74, 6) is 0.252. The Bertz CT molecular complexity index is 529. The van der Waals surface area contributed by atoms with Gasteiger partial charge in [0.15, 0.2) is 0 Å². The minimum atomic E-state index is -4.31. The van der Waals surface area contributed by atoms with Crippen LogP contribution in [0.15, 0.2) is 12.3 Å². The highest BCUT2D eigenvalue weighted by molar-refractivity contribution is 5.84. The number of alkyl halides is 3. The van der Waals surface area contributed by atoms with Gasteiger partial charge in [0.2, 0.25) is 5.91 Å². The molecular weight excluding hydrogens is 309 g/mol. The van der Waals surface area contributed by atoms with Crippen LogP contribution in [-0.2, 0) is 11.3 Å². The lowest BCUT2D eigenvalue weighted by atomic mass is 9.99. The Hall–Kier alpha value is -1.73. The third-order valence-corrected chi connectivity index (χ3v) is 4.10. The maximum absolute atomic E-state index is 12.6. The molecule has 0 radical (unpaired) electrons. The molecule has 1 saturated heterocycles. The molecular formula is C15H23F3N4O. The topological polar surface area (TPSA) is 50.2 Å². The van der Waals surface area contributed by atoms with E-state index in [2.05, 4.69) is 17.3 Å². The second kappa shape index (κ2) is 7.23. The minimum absolute atomic E-state index is 0.0260. The zero-order chi connectivity index (χ0) is 17.0. The van der Waals surface area contributed by atoms with Crippen molar-refractivity contribution >= 4 is 11.7 Å². The number of amides is 1. The van der Waals surface area contributed by atoms with E-state index in [0.29, 0.717) is 0 Å². The molecule has 2 heterocycles. The number of nitrogens with one attached hydrogen (secondary N) is 1. The molecule has 0 saturated carbocycles. The molecule has 0 aromatic carbocycles. The van der Waals surface area contributed by atoms with Crippen LogP contribution in [0.1, 0.15) is 39.5 Å². The molecule has 1 aromatic rings. The van der Waals surface area contributed by atoms with Crippen molar-refractivity contribution in [3.05, 3.63) is 12.3 Å². The van der Waals surface area contributed by atoms with E-state index in [4.69, 9.17) is 0 Å². The van der Waals surface area contributed by atoms with Crippen LogP contribution in [0.3, 0.4) is 0 Å². The van der Waals surface area contributed by atoms with Gasteiger partial charge in [-0.2, -0.15) is 18.3 Å². The van der Waals surface area contributed by atoms with Gasteiger partial charge < -0.3 is 10.2 Å². The lowest BCUT2D eigenvalue weighted by molar-refractivity contribution is -0.142. The third-order valence-electron chi connectivity index (χ3n) is 4.10. The molecule has 2 rings (SSSR count). The number of hydrogen-bond acceptors (Lipinski definition) is 3. The molecule has 1 amide bonds. The van der Waals surface area contributed by atoms with Gasteiger partial charge in [0, 0.05) is 24.8 Å². The van der Waals surface area contributed by atoms with E-state index in [9.17, 15) is 18.0 Å². The van der Waals surface area contributed by atoms with Gasteiger partial charge in [-0.15, -0.1) is 0 Å². The van der Waals surface area contributed by atoms with Gasteiger partial charge in [-0.1, -0.05) is 6.92 Å². The maximum Gasteiger partial charge on any atom is 0.408 e. The van der Waals surface area contributed by atoms with Gasteiger partial charge in [-0.25, -0.2) is 0 Å². The number of hydrogen-bond donors (Lipinski definition) is 1. The lowest BCUT2D eigenvalue weighted by Gasteiger charge is -2.37. The highest BCUT2D eigenvalue weighted by Gasteiger charge is 2.30. The number of carbonyl (C=O) groups excluding carboxylic acids is 1. The summed E-state index contributed by atoms with van der Waals surface area (Å²) < 4.78 is 37.8. The maximum atomic E-state index is 12.6. The van der Waals surface area contributed by atoms with Crippen LogP contribution in [0.25, 0.3) is 0 Å². The number of piperidine rings is 1. The van der Waals surface area contributed by atoms with Crippen molar-refractivity contribution in [3.8, 4) is 0 Å². The fraction of sp³-hybridized carbons (Fsp3) is 0.733. The molecule has 23 heavy (non-hydrogen) atoms. The Morgan fingerprint density at radius 2 is 2.22 bits per heavy atom. The zero-order valence-electron chi connectivity index (χ0n) is 13.4. The van der Waals surface area contributed by atoms with E-state index in [1.54, 1.807) is 6.92 Å². The van der Waals surface area contributed by atoms with Crippen molar-refractivity contribution in [2.75, 3.05) is 11.9 Å².